The summed E-state index contributed by atoms with van der Waals surface area (Å²) >= 11 is 0. The zero-order chi connectivity index (χ0) is 6.97. The van der Waals surface area contributed by atoms with Gasteiger partial charge in [0, 0.05) is 6.20 Å². The van der Waals surface area contributed by atoms with Crippen molar-refractivity contribution < 1.29 is 4.52 Å². The number of hydrogen-bond acceptors (Lipinski definition) is 4. The Morgan fingerprint density at radius 1 is 1.50 bits per heavy atom. The summed E-state index contributed by atoms with van der Waals surface area (Å²) in [5.41, 5.74) is 0.618. The third-order valence-electron chi connectivity index (χ3n) is 1.34. The molecule has 0 radical (unpaired) electrons. The second-order valence-electron chi connectivity index (χ2n) is 2.00. The normalized spacial score (nSPS) is 10.5. The van der Waals surface area contributed by atoms with Gasteiger partial charge in [0.1, 0.15) is 12.1 Å². The molecule has 2 aromatic heterocycles. The Hall–Kier alpha value is -1.45. The van der Waals surface area contributed by atoms with Crippen LogP contribution in [-0.4, -0.2) is 15.1 Å². The summed E-state index contributed by atoms with van der Waals surface area (Å²) in [7, 11) is 0. The Balaban J connectivity index is 2.93. The maximum atomic E-state index is 4.86. The molecule has 0 atom stereocenters. The van der Waals surface area contributed by atoms with Gasteiger partial charge in [-0.1, -0.05) is 5.16 Å². The van der Waals surface area contributed by atoms with Gasteiger partial charge in [0.2, 0.25) is 5.65 Å². The minimum absolute atomic E-state index is 0.618. The summed E-state index contributed by atoms with van der Waals surface area (Å²) in [6, 6.07) is 0. The summed E-state index contributed by atoms with van der Waals surface area (Å²) < 4.78 is 4.86. The first kappa shape index (κ1) is 5.34. The molecule has 10 heavy (non-hydrogen) atoms. The predicted octanol–water partition coefficient (Wildman–Crippen LogP) is 0.926. The molecule has 4 nitrogen and oxygen atoms in total. The summed E-state index contributed by atoms with van der Waals surface area (Å²) in [6.07, 6.45) is 3.14. The molecule has 0 fully saturated rings. The van der Waals surface area contributed by atoms with Crippen molar-refractivity contribution in [1.29, 1.82) is 0 Å². The zero-order valence-corrected chi connectivity index (χ0v) is 5.40. The van der Waals surface area contributed by atoms with Gasteiger partial charge in [0.15, 0.2) is 0 Å². The van der Waals surface area contributed by atoms with Crippen molar-refractivity contribution in [2.24, 2.45) is 0 Å². The van der Waals surface area contributed by atoms with Gasteiger partial charge in [0.05, 0.1) is 5.39 Å². The Morgan fingerprint density at radius 2 is 2.40 bits per heavy atom. The van der Waals surface area contributed by atoms with E-state index < -0.39 is 0 Å². The van der Waals surface area contributed by atoms with Crippen LogP contribution < -0.4 is 0 Å². The van der Waals surface area contributed by atoms with E-state index in [-0.39, 0.29) is 0 Å². The topological polar surface area (TPSA) is 51.8 Å². The molecule has 0 unspecified atom stereocenters. The summed E-state index contributed by atoms with van der Waals surface area (Å²) in [4.78, 5) is 7.72. The largest absolute Gasteiger partial charge is 0.359 e. The van der Waals surface area contributed by atoms with Gasteiger partial charge >= 0.3 is 0 Å². The van der Waals surface area contributed by atoms with Crippen LogP contribution in [-0.2, 0) is 0 Å². The number of aromatic nitrogens is 3. The van der Waals surface area contributed by atoms with Crippen LogP contribution in [0.3, 0.4) is 0 Å². The van der Waals surface area contributed by atoms with E-state index in [1.165, 1.54) is 6.33 Å². The van der Waals surface area contributed by atoms with E-state index >= 15 is 0 Å². The number of fused-ring (bicyclic) bond motifs is 1. The first-order valence-electron chi connectivity index (χ1n) is 2.90. The van der Waals surface area contributed by atoms with Crippen molar-refractivity contribution in [3.05, 3.63) is 18.3 Å². The fourth-order valence-electron chi connectivity index (χ4n) is 0.805. The average molecular weight is 135 g/mol. The Labute approximate surface area is 56.9 Å². The van der Waals surface area contributed by atoms with E-state index in [1.54, 1.807) is 6.20 Å². The monoisotopic (exact) mass is 135 g/mol. The maximum Gasteiger partial charge on any atom is 0.205 e. The third-order valence-corrected chi connectivity index (χ3v) is 1.34. The van der Waals surface area contributed by atoms with Gasteiger partial charge in [-0.25, -0.2) is 9.97 Å². The van der Waals surface area contributed by atoms with Crippen molar-refractivity contribution >= 4 is 11.0 Å². The quantitative estimate of drug-likeness (QED) is 0.539. The lowest BCUT2D eigenvalue weighted by Crippen LogP contribution is -1.76. The second-order valence-corrected chi connectivity index (χ2v) is 2.00. The van der Waals surface area contributed by atoms with Crippen molar-refractivity contribution in [3.8, 4) is 0 Å². The summed E-state index contributed by atoms with van der Waals surface area (Å²) in [6.45, 7) is 1.83. The molecular weight excluding hydrogens is 130 g/mol. The maximum absolute atomic E-state index is 4.86. The number of nitrogens with zero attached hydrogens (tertiary/aromatic N) is 3. The van der Waals surface area contributed by atoms with E-state index in [1.807, 2.05) is 6.92 Å². The van der Waals surface area contributed by atoms with Crippen LogP contribution in [0.4, 0.5) is 0 Å². The minimum atomic E-state index is 0.618. The highest BCUT2D eigenvalue weighted by Gasteiger charge is 2.01. The van der Waals surface area contributed by atoms with Crippen LogP contribution in [0, 0.1) is 6.92 Å². The first-order valence-corrected chi connectivity index (χ1v) is 2.90. The van der Waals surface area contributed by atoms with E-state index in [2.05, 4.69) is 15.1 Å². The molecule has 0 aliphatic rings. The van der Waals surface area contributed by atoms with Gasteiger partial charge in [-0.15, -0.1) is 0 Å². The van der Waals surface area contributed by atoms with E-state index in [9.17, 15) is 0 Å². The molecule has 4 heteroatoms. The van der Waals surface area contributed by atoms with Gasteiger partial charge < -0.3 is 4.52 Å². The molecule has 2 aromatic rings. The number of aryl methyl sites for hydroxylation is 1. The zero-order valence-electron chi connectivity index (χ0n) is 5.40. The highest BCUT2D eigenvalue weighted by molar-refractivity contribution is 5.74. The van der Waals surface area contributed by atoms with Crippen LogP contribution in [0.1, 0.15) is 5.76 Å². The highest BCUT2D eigenvalue weighted by Crippen LogP contribution is 2.11. The molecule has 0 N–H and O–H groups in total. The average Bonchev–Trinajstić information content (AvgIpc) is 2.34. The Bertz CT molecular complexity index is 355. The van der Waals surface area contributed by atoms with E-state index in [0.29, 0.717) is 5.65 Å². The molecule has 2 rings (SSSR count). The van der Waals surface area contributed by atoms with Crippen LogP contribution in [0.25, 0.3) is 11.0 Å². The van der Waals surface area contributed by atoms with Gasteiger partial charge in [0.25, 0.3) is 0 Å². The molecule has 0 aliphatic heterocycles. The number of hydrogen-bond donors (Lipinski definition) is 0. The molecule has 0 bridgehead atoms. The van der Waals surface area contributed by atoms with Crippen molar-refractivity contribution in [3.63, 3.8) is 0 Å². The predicted molar refractivity (Wildman–Crippen MR) is 34.3 cm³/mol. The highest BCUT2D eigenvalue weighted by atomic mass is 16.5. The Kier molecular flexibility index (Phi) is 0.943. The molecule has 50 valence electrons. The van der Waals surface area contributed by atoms with Crippen LogP contribution in [0.15, 0.2) is 17.0 Å². The lowest BCUT2D eigenvalue weighted by atomic mass is 10.3. The lowest BCUT2D eigenvalue weighted by Gasteiger charge is -1.80. The van der Waals surface area contributed by atoms with Crippen LogP contribution in [0.2, 0.25) is 0 Å². The fraction of sp³-hybridized carbons (Fsp3) is 0.167. The van der Waals surface area contributed by atoms with E-state index in [4.69, 9.17) is 4.52 Å². The smallest absolute Gasteiger partial charge is 0.205 e. The van der Waals surface area contributed by atoms with Crippen LogP contribution in [0.5, 0.6) is 0 Å². The molecular formula is C6H5N3O. The summed E-state index contributed by atoms with van der Waals surface area (Å²) in [5.74, 6) is 0.760. The molecule has 0 spiro atoms. The van der Waals surface area contributed by atoms with Crippen molar-refractivity contribution in [2.45, 2.75) is 6.92 Å². The molecule has 2 heterocycles. The fourth-order valence-corrected chi connectivity index (χ4v) is 0.805. The standard InChI is InChI=1S/C6H5N3O/c1-4-5-2-7-3-8-6(5)9-10-4/h2-3H,1H3. The molecule has 0 saturated heterocycles. The first-order chi connectivity index (χ1) is 4.88. The minimum Gasteiger partial charge on any atom is -0.359 e. The Morgan fingerprint density at radius 3 is 3.20 bits per heavy atom. The van der Waals surface area contributed by atoms with Gasteiger partial charge in [-0.2, -0.15) is 0 Å². The third kappa shape index (κ3) is 0.586. The van der Waals surface area contributed by atoms with Crippen molar-refractivity contribution in [1.82, 2.24) is 15.1 Å². The lowest BCUT2D eigenvalue weighted by molar-refractivity contribution is 0.404. The second kappa shape index (κ2) is 1.76. The summed E-state index contributed by atoms with van der Waals surface area (Å²) in [5, 5.41) is 4.57. The SMILES string of the molecule is Cc1onc2ncncc12. The van der Waals surface area contributed by atoms with Crippen LogP contribution >= 0.6 is 0 Å². The molecule has 0 aliphatic carbocycles. The molecule has 0 amide bonds. The van der Waals surface area contributed by atoms with Gasteiger partial charge in [-0.3, -0.25) is 0 Å². The van der Waals surface area contributed by atoms with E-state index in [0.717, 1.165) is 11.1 Å². The molecule has 0 aromatic carbocycles. The van der Waals surface area contributed by atoms with Crippen molar-refractivity contribution in [2.75, 3.05) is 0 Å². The van der Waals surface area contributed by atoms with Gasteiger partial charge in [-0.05, 0) is 6.92 Å². The molecule has 0 saturated carbocycles. The number of rotatable bonds is 0.